The second kappa shape index (κ2) is 12.2. The van der Waals surface area contributed by atoms with E-state index in [1.54, 1.807) is 25.3 Å². The number of anilines is 3. The minimum atomic E-state index is -0.935. The number of Topliss-reactive ketones (excluding diaryl/α,β-unsaturated/α-hetero) is 1. The minimum absolute atomic E-state index is 0.267. The Kier molecular flexibility index (Phi) is 8.34. The smallest absolute Gasteiger partial charge is 0.497 e. The Labute approximate surface area is 216 Å². The van der Waals surface area contributed by atoms with Crippen molar-refractivity contribution in [2.75, 3.05) is 18.6 Å². The lowest BCUT2D eigenvalue weighted by Gasteiger charge is -2.26. The van der Waals surface area contributed by atoms with Crippen molar-refractivity contribution in [3.63, 3.8) is 0 Å². The normalized spacial score (nSPS) is 10.6. The summed E-state index contributed by atoms with van der Waals surface area (Å²) in [6.07, 6.45) is 3.20. The zero-order valence-electron chi connectivity index (χ0n) is 20.7. The maximum Gasteiger partial charge on any atom is 0.514 e. The molecule has 0 atom stereocenters. The molecule has 4 aromatic rings. The maximum absolute atomic E-state index is 12.0. The van der Waals surface area contributed by atoms with Gasteiger partial charge in [0.05, 0.1) is 7.11 Å². The predicted octanol–water partition coefficient (Wildman–Crippen LogP) is 7.44. The summed E-state index contributed by atoms with van der Waals surface area (Å²) in [6, 6.07) is 33.0. The molecule has 0 aliphatic rings. The van der Waals surface area contributed by atoms with Crippen LogP contribution in [0.1, 0.15) is 18.1 Å². The van der Waals surface area contributed by atoms with Gasteiger partial charge in [-0.25, -0.2) is 4.79 Å². The highest BCUT2D eigenvalue weighted by atomic mass is 16.7. The van der Waals surface area contributed by atoms with Crippen LogP contribution < -0.4 is 14.4 Å². The summed E-state index contributed by atoms with van der Waals surface area (Å²) in [4.78, 5) is 25.1. The van der Waals surface area contributed by atoms with Crippen molar-refractivity contribution in [2.24, 2.45) is 0 Å². The molecular formula is C31H27NO5. The third-order valence-electron chi connectivity index (χ3n) is 5.40. The number of rotatable bonds is 9. The summed E-state index contributed by atoms with van der Waals surface area (Å²) in [5.41, 5.74) is 4.72. The number of carbonyl (C=O) groups excluding carboxylic acids is 2. The van der Waals surface area contributed by atoms with E-state index in [4.69, 9.17) is 14.2 Å². The predicted molar refractivity (Wildman–Crippen MR) is 146 cm³/mol. The van der Waals surface area contributed by atoms with Crippen LogP contribution in [0.4, 0.5) is 21.9 Å². The number of ketones is 1. The van der Waals surface area contributed by atoms with Crippen LogP contribution in [0.15, 0.2) is 103 Å². The van der Waals surface area contributed by atoms with E-state index in [9.17, 15) is 9.59 Å². The van der Waals surface area contributed by atoms with E-state index in [1.807, 2.05) is 77.7 Å². The quantitative estimate of drug-likeness (QED) is 0.137. The van der Waals surface area contributed by atoms with Gasteiger partial charge in [-0.05, 0) is 54.4 Å². The molecule has 0 saturated carbocycles. The third-order valence-corrected chi connectivity index (χ3v) is 5.40. The van der Waals surface area contributed by atoms with Gasteiger partial charge in [-0.15, -0.1) is 0 Å². The molecule has 0 amide bonds. The molecule has 0 spiro atoms. The molecule has 37 heavy (non-hydrogen) atoms. The van der Waals surface area contributed by atoms with Crippen LogP contribution in [-0.2, 0) is 9.53 Å². The molecule has 0 aromatic heterocycles. The lowest BCUT2D eigenvalue weighted by atomic mass is 10.1. The second-order valence-corrected chi connectivity index (χ2v) is 8.21. The van der Waals surface area contributed by atoms with Gasteiger partial charge in [-0.3, -0.25) is 4.79 Å². The van der Waals surface area contributed by atoms with Gasteiger partial charge in [0.15, 0.2) is 12.4 Å². The number of ether oxygens (including phenoxy) is 3. The van der Waals surface area contributed by atoms with Crippen LogP contribution in [0, 0.1) is 0 Å². The fraction of sp³-hybridized carbons (Fsp3) is 0.0968. The average molecular weight is 494 g/mol. The summed E-state index contributed by atoms with van der Waals surface area (Å²) >= 11 is 0. The SMILES string of the molecule is COc1cccc(N(c2ccc(C=Cc3ccccc3)cc2)c2cccc(OC(=O)OCC(C)=O)c2)c1. The number of methoxy groups -OCH3 is 1. The van der Waals surface area contributed by atoms with Gasteiger partial charge in [0.25, 0.3) is 0 Å². The monoisotopic (exact) mass is 493 g/mol. The molecule has 0 fully saturated rings. The zero-order chi connectivity index (χ0) is 26.0. The summed E-state index contributed by atoms with van der Waals surface area (Å²) in [6.45, 7) is 1.00. The highest BCUT2D eigenvalue weighted by molar-refractivity contribution is 5.80. The fourth-order valence-corrected chi connectivity index (χ4v) is 3.66. The van der Waals surface area contributed by atoms with E-state index < -0.39 is 6.16 Å². The molecule has 186 valence electrons. The van der Waals surface area contributed by atoms with E-state index in [0.29, 0.717) is 11.5 Å². The Morgan fingerprint density at radius 2 is 1.30 bits per heavy atom. The van der Waals surface area contributed by atoms with Crippen LogP contribution in [0.3, 0.4) is 0 Å². The molecule has 0 bridgehead atoms. The van der Waals surface area contributed by atoms with Gasteiger partial charge in [-0.2, -0.15) is 0 Å². The second-order valence-electron chi connectivity index (χ2n) is 8.21. The van der Waals surface area contributed by atoms with E-state index in [1.165, 1.54) is 6.92 Å². The van der Waals surface area contributed by atoms with Crippen molar-refractivity contribution >= 4 is 41.2 Å². The van der Waals surface area contributed by atoms with E-state index in [0.717, 1.165) is 28.2 Å². The standard InChI is InChI=1S/C31H27NO5/c1-23(33)22-36-31(34)37-30-13-7-11-28(21-30)32(27-10-6-12-29(20-27)35-2)26-18-16-25(17-19-26)15-14-24-8-4-3-5-9-24/h3-21H,22H2,1-2H3. The highest BCUT2D eigenvalue weighted by Crippen LogP contribution is 2.37. The topological polar surface area (TPSA) is 65.1 Å². The maximum atomic E-state index is 12.0. The van der Waals surface area contributed by atoms with Gasteiger partial charge in [0.1, 0.15) is 11.5 Å². The van der Waals surface area contributed by atoms with Crippen LogP contribution in [0.25, 0.3) is 12.2 Å². The Morgan fingerprint density at radius 3 is 1.92 bits per heavy atom. The van der Waals surface area contributed by atoms with Gasteiger partial charge in [-0.1, -0.05) is 66.7 Å². The molecule has 4 aromatic carbocycles. The first-order valence-corrected chi connectivity index (χ1v) is 11.7. The van der Waals surface area contributed by atoms with Gasteiger partial charge < -0.3 is 19.1 Å². The first-order valence-electron chi connectivity index (χ1n) is 11.7. The first kappa shape index (κ1) is 25.3. The van der Waals surface area contributed by atoms with Gasteiger partial charge in [0.2, 0.25) is 0 Å². The van der Waals surface area contributed by atoms with Crippen molar-refractivity contribution in [3.05, 3.63) is 114 Å². The Morgan fingerprint density at radius 1 is 0.703 bits per heavy atom. The number of benzene rings is 4. The van der Waals surface area contributed by atoms with Crippen LogP contribution in [0.2, 0.25) is 0 Å². The summed E-state index contributed by atoms with van der Waals surface area (Å²) in [7, 11) is 1.62. The van der Waals surface area contributed by atoms with Gasteiger partial charge in [0, 0.05) is 29.2 Å². The van der Waals surface area contributed by atoms with Crippen molar-refractivity contribution in [1.82, 2.24) is 0 Å². The molecule has 0 unspecified atom stereocenters. The molecular weight excluding hydrogens is 466 g/mol. The number of nitrogens with zero attached hydrogens (tertiary/aromatic N) is 1. The zero-order valence-corrected chi connectivity index (χ0v) is 20.7. The van der Waals surface area contributed by atoms with Crippen molar-refractivity contribution in [1.29, 1.82) is 0 Å². The molecule has 0 saturated heterocycles. The fourth-order valence-electron chi connectivity index (χ4n) is 3.66. The molecule has 0 N–H and O–H groups in total. The van der Waals surface area contributed by atoms with E-state index in [2.05, 4.69) is 24.3 Å². The van der Waals surface area contributed by atoms with Crippen molar-refractivity contribution in [3.8, 4) is 11.5 Å². The van der Waals surface area contributed by atoms with Crippen LogP contribution >= 0.6 is 0 Å². The van der Waals surface area contributed by atoms with Crippen LogP contribution in [-0.4, -0.2) is 25.7 Å². The largest absolute Gasteiger partial charge is 0.514 e. The average Bonchev–Trinajstić information content (AvgIpc) is 2.92. The van der Waals surface area contributed by atoms with Crippen LogP contribution in [0.5, 0.6) is 11.5 Å². The van der Waals surface area contributed by atoms with E-state index in [-0.39, 0.29) is 12.4 Å². The summed E-state index contributed by atoms with van der Waals surface area (Å²) in [5, 5.41) is 0. The minimum Gasteiger partial charge on any atom is -0.497 e. The lowest BCUT2D eigenvalue weighted by Crippen LogP contribution is -2.15. The summed E-state index contributed by atoms with van der Waals surface area (Å²) < 4.78 is 15.6. The Bertz CT molecular complexity index is 1380. The number of hydrogen-bond donors (Lipinski definition) is 0. The number of hydrogen-bond acceptors (Lipinski definition) is 6. The Balaban J connectivity index is 1.64. The lowest BCUT2D eigenvalue weighted by molar-refractivity contribution is -0.120. The van der Waals surface area contributed by atoms with Crippen molar-refractivity contribution in [2.45, 2.75) is 6.92 Å². The molecule has 0 radical (unpaired) electrons. The van der Waals surface area contributed by atoms with Crippen molar-refractivity contribution < 1.29 is 23.8 Å². The summed E-state index contributed by atoms with van der Waals surface area (Å²) in [5.74, 6) is 0.739. The first-order chi connectivity index (χ1) is 18.0. The highest BCUT2D eigenvalue weighted by Gasteiger charge is 2.15. The molecule has 0 aliphatic heterocycles. The molecule has 0 aliphatic carbocycles. The number of carbonyl (C=O) groups is 2. The molecule has 6 nitrogen and oxygen atoms in total. The Hall–Kier alpha value is -4.84. The van der Waals surface area contributed by atoms with E-state index >= 15 is 0 Å². The van der Waals surface area contributed by atoms with Gasteiger partial charge >= 0.3 is 6.16 Å². The third kappa shape index (κ3) is 7.08. The molecule has 4 rings (SSSR count). The molecule has 0 heterocycles. The molecule has 6 heteroatoms.